The molecule has 3 aromatic heterocycles. The van der Waals surface area contributed by atoms with E-state index in [1.165, 1.54) is 4.68 Å². The number of urea groups is 1. The van der Waals surface area contributed by atoms with Gasteiger partial charge in [-0.05, 0) is 18.2 Å². The molecule has 2 amide bonds. The summed E-state index contributed by atoms with van der Waals surface area (Å²) < 4.78 is 12.5. The number of morpholine rings is 1. The van der Waals surface area contributed by atoms with E-state index in [-0.39, 0.29) is 12.1 Å². The Morgan fingerprint density at radius 1 is 1.28 bits per heavy atom. The summed E-state index contributed by atoms with van der Waals surface area (Å²) in [7, 11) is 0. The first kappa shape index (κ1) is 15.3. The highest BCUT2D eigenvalue weighted by Gasteiger charge is 2.27. The van der Waals surface area contributed by atoms with Crippen molar-refractivity contribution >= 4 is 11.7 Å². The van der Waals surface area contributed by atoms with Crippen LogP contribution in [0.25, 0.3) is 5.95 Å². The molecule has 1 fully saturated rings. The molecule has 1 unspecified atom stereocenters. The van der Waals surface area contributed by atoms with Crippen molar-refractivity contribution < 1.29 is 13.9 Å². The first-order valence-electron chi connectivity index (χ1n) is 7.82. The van der Waals surface area contributed by atoms with Crippen LogP contribution in [0.2, 0.25) is 0 Å². The summed E-state index contributed by atoms with van der Waals surface area (Å²) in [6.45, 7) is 1.39. The number of hydrogen-bond acceptors (Lipinski definition) is 6. The van der Waals surface area contributed by atoms with Crippen molar-refractivity contribution in [2.75, 3.05) is 25.0 Å². The minimum absolute atomic E-state index is 0.214. The maximum Gasteiger partial charge on any atom is 0.322 e. The van der Waals surface area contributed by atoms with Gasteiger partial charge in [-0.2, -0.15) is 5.10 Å². The van der Waals surface area contributed by atoms with Crippen LogP contribution in [0.15, 0.2) is 53.7 Å². The number of nitrogens with one attached hydrogen (secondary N) is 1. The van der Waals surface area contributed by atoms with Crippen molar-refractivity contribution in [3.63, 3.8) is 0 Å². The van der Waals surface area contributed by atoms with E-state index in [0.29, 0.717) is 37.1 Å². The molecule has 128 valence electrons. The average molecular weight is 340 g/mol. The van der Waals surface area contributed by atoms with Crippen molar-refractivity contribution in [1.82, 2.24) is 24.6 Å². The van der Waals surface area contributed by atoms with Gasteiger partial charge in [-0.3, -0.25) is 0 Å². The lowest BCUT2D eigenvalue weighted by molar-refractivity contribution is -0.0242. The molecule has 3 aromatic rings. The Bertz CT molecular complexity index is 833. The largest absolute Gasteiger partial charge is 0.467 e. The first-order chi connectivity index (χ1) is 12.3. The molecule has 4 heterocycles. The third-order valence-electron chi connectivity index (χ3n) is 3.81. The van der Waals surface area contributed by atoms with Crippen LogP contribution in [-0.4, -0.2) is 50.4 Å². The van der Waals surface area contributed by atoms with Gasteiger partial charge in [0.2, 0.25) is 5.95 Å². The highest BCUT2D eigenvalue weighted by Crippen LogP contribution is 2.23. The number of carbonyl (C=O) groups is 1. The molecule has 1 aliphatic rings. The number of carbonyl (C=O) groups excluding carboxylic acids is 1. The van der Waals surface area contributed by atoms with Gasteiger partial charge in [0.1, 0.15) is 11.9 Å². The van der Waals surface area contributed by atoms with Crippen LogP contribution in [0.3, 0.4) is 0 Å². The lowest BCUT2D eigenvalue weighted by Gasteiger charge is -2.31. The van der Waals surface area contributed by atoms with Gasteiger partial charge in [0.15, 0.2) is 0 Å². The van der Waals surface area contributed by atoms with Crippen molar-refractivity contribution in [2.24, 2.45) is 0 Å². The highest BCUT2D eigenvalue weighted by atomic mass is 16.5. The number of nitrogens with zero attached hydrogens (tertiary/aromatic N) is 5. The Labute approximate surface area is 143 Å². The van der Waals surface area contributed by atoms with Crippen molar-refractivity contribution in [3.8, 4) is 5.95 Å². The molecular formula is C16H16N6O3. The molecule has 0 radical (unpaired) electrons. The second kappa shape index (κ2) is 6.73. The number of ether oxygens (including phenoxy) is 1. The van der Waals surface area contributed by atoms with E-state index in [0.717, 1.165) is 0 Å². The van der Waals surface area contributed by atoms with Crippen LogP contribution in [0.4, 0.5) is 10.5 Å². The Hall–Kier alpha value is -3.20. The molecule has 1 N–H and O–H groups in total. The van der Waals surface area contributed by atoms with Gasteiger partial charge in [-0.25, -0.2) is 19.4 Å². The molecule has 9 heteroatoms. The number of furan rings is 1. The summed E-state index contributed by atoms with van der Waals surface area (Å²) in [4.78, 5) is 22.4. The predicted molar refractivity (Wildman–Crippen MR) is 87.1 cm³/mol. The molecule has 1 atom stereocenters. The zero-order valence-corrected chi connectivity index (χ0v) is 13.3. The molecule has 0 bridgehead atoms. The second-order valence-corrected chi connectivity index (χ2v) is 5.47. The van der Waals surface area contributed by atoms with Gasteiger partial charge in [0.25, 0.3) is 0 Å². The van der Waals surface area contributed by atoms with E-state index in [9.17, 15) is 4.79 Å². The van der Waals surface area contributed by atoms with Gasteiger partial charge >= 0.3 is 6.03 Å². The average Bonchev–Trinajstić information content (AvgIpc) is 3.35. The fraction of sp³-hybridized carbons (Fsp3) is 0.250. The van der Waals surface area contributed by atoms with Crippen LogP contribution >= 0.6 is 0 Å². The van der Waals surface area contributed by atoms with Crippen LogP contribution < -0.4 is 5.32 Å². The topological polar surface area (TPSA) is 98.3 Å². The van der Waals surface area contributed by atoms with E-state index >= 15 is 0 Å². The Balaban J connectivity index is 1.41. The van der Waals surface area contributed by atoms with E-state index in [2.05, 4.69) is 20.4 Å². The number of aromatic nitrogens is 4. The summed E-state index contributed by atoms with van der Waals surface area (Å²) in [5.41, 5.74) is 0.568. The molecule has 9 nitrogen and oxygen atoms in total. The van der Waals surface area contributed by atoms with Crippen LogP contribution in [0.5, 0.6) is 0 Å². The zero-order valence-electron chi connectivity index (χ0n) is 13.3. The third-order valence-corrected chi connectivity index (χ3v) is 3.81. The molecule has 4 rings (SSSR count). The summed E-state index contributed by atoms with van der Waals surface area (Å²) in [6.07, 6.45) is 7.82. The van der Waals surface area contributed by atoms with Gasteiger partial charge in [0, 0.05) is 18.9 Å². The predicted octanol–water partition coefficient (Wildman–Crippen LogP) is 1.86. The smallest absolute Gasteiger partial charge is 0.322 e. The Morgan fingerprint density at radius 2 is 2.16 bits per heavy atom. The first-order valence-corrected chi connectivity index (χ1v) is 7.82. The van der Waals surface area contributed by atoms with E-state index < -0.39 is 0 Å². The minimum atomic E-state index is -0.255. The quantitative estimate of drug-likeness (QED) is 0.781. The lowest BCUT2D eigenvalue weighted by atomic mass is 10.2. The summed E-state index contributed by atoms with van der Waals surface area (Å²) in [5.74, 6) is 1.15. The van der Waals surface area contributed by atoms with Crippen molar-refractivity contribution in [2.45, 2.75) is 6.10 Å². The van der Waals surface area contributed by atoms with E-state index in [4.69, 9.17) is 9.15 Å². The maximum absolute atomic E-state index is 12.5. The van der Waals surface area contributed by atoms with E-state index in [1.54, 1.807) is 48.1 Å². The fourth-order valence-corrected chi connectivity index (χ4v) is 2.59. The molecule has 25 heavy (non-hydrogen) atoms. The lowest BCUT2D eigenvalue weighted by Crippen LogP contribution is -2.44. The fourth-order valence-electron chi connectivity index (χ4n) is 2.59. The van der Waals surface area contributed by atoms with Crippen LogP contribution in [0, 0.1) is 0 Å². The Kier molecular flexibility index (Phi) is 4.13. The molecule has 1 aliphatic heterocycles. The standard InChI is InChI=1S/C16H16N6O3/c23-16(21-6-8-25-14(11-21)13-3-1-7-24-13)20-12-9-19-22(10-12)15-17-4-2-5-18-15/h1-5,7,9-10,14H,6,8,11H2,(H,20,23). The van der Waals surface area contributed by atoms with Gasteiger partial charge in [-0.15, -0.1) is 0 Å². The number of hydrogen-bond donors (Lipinski definition) is 1. The van der Waals surface area contributed by atoms with Gasteiger partial charge in [-0.1, -0.05) is 0 Å². The molecule has 1 saturated heterocycles. The highest BCUT2D eigenvalue weighted by molar-refractivity contribution is 5.89. The van der Waals surface area contributed by atoms with E-state index in [1.807, 2.05) is 6.07 Å². The van der Waals surface area contributed by atoms with Gasteiger partial charge in [0.05, 0.1) is 37.5 Å². The maximum atomic E-state index is 12.5. The third kappa shape index (κ3) is 3.36. The second-order valence-electron chi connectivity index (χ2n) is 5.47. The Morgan fingerprint density at radius 3 is 2.96 bits per heavy atom. The van der Waals surface area contributed by atoms with Crippen LogP contribution in [0.1, 0.15) is 11.9 Å². The van der Waals surface area contributed by atoms with Gasteiger partial charge < -0.3 is 19.4 Å². The summed E-state index contributed by atoms with van der Waals surface area (Å²) in [5, 5.41) is 6.99. The summed E-state index contributed by atoms with van der Waals surface area (Å²) >= 11 is 0. The van der Waals surface area contributed by atoms with Crippen LogP contribution in [-0.2, 0) is 4.74 Å². The minimum Gasteiger partial charge on any atom is -0.467 e. The normalized spacial score (nSPS) is 17.4. The van der Waals surface area contributed by atoms with Crippen molar-refractivity contribution in [1.29, 1.82) is 0 Å². The molecule has 0 aromatic carbocycles. The monoisotopic (exact) mass is 340 g/mol. The molecule has 0 aliphatic carbocycles. The molecule has 0 saturated carbocycles. The van der Waals surface area contributed by atoms with Crippen molar-refractivity contribution in [3.05, 3.63) is 55.0 Å². The zero-order chi connectivity index (χ0) is 17.1. The molecule has 0 spiro atoms. The number of amides is 2. The number of anilines is 1. The number of rotatable bonds is 3. The molecular weight excluding hydrogens is 324 g/mol. The summed E-state index contributed by atoms with van der Waals surface area (Å²) in [6, 6.07) is 5.16. The SMILES string of the molecule is O=C(Nc1cnn(-c2ncccn2)c1)N1CCOC(c2ccco2)C1.